The quantitative estimate of drug-likeness (QED) is 0.107. The summed E-state index contributed by atoms with van der Waals surface area (Å²) in [5.74, 6) is -2.58. The molecule has 6 rings (SSSR count). The van der Waals surface area contributed by atoms with Crippen molar-refractivity contribution in [2.45, 2.75) is 5.92 Å². The van der Waals surface area contributed by atoms with Gasteiger partial charge in [-0.2, -0.15) is 0 Å². The highest BCUT2D eigenvalue weighted by molar-refractivity contribution is 9.10. The fourth-order valence-electron chi connectivity index (χ4n) is 5.44. The molecular weight excluding hydrogens is 524 g/mol. The zero-order valence-electron chi connectivity index (χ0n) is 18.9. The van der Waals surface area contributed by atoms with Crippen molar-refractivity contribution in [2.24, 2.45) is 11.3 Å². The maximum Gasteiger partial charge on any atom is 0.343 e. The van der Waals surface area contributed by atoms with Gasteiger partial charge in [-0.3, -0.25) is 9.59 Å². The fraction of sp³-hybridized carbons (Fsp3) is 0.138. The van der Waals surface area contributed by atoms with Crippen molar-refractivity contribution in [1.29, 1.82) is 0 Å². The van der Waals surface area contributed by atoms with Gasteiger partial charge in [-0.05, 0) is 42.0 Å². The standard InChI is InChI=1S/C29H19BrO6/c1-2-17-15-34-25-19-7-3-5-9-21(19)35-27(32)23(25)24(16-11-13-18(30)14-12-16)29(17)26(31)20-8-4-6-10-22(20)36-28(29)33/h2-14,17,24H,1,15H2/t17-,24-,29+/m0/s1. The summed E-state index contributed by atoms with van der Waals surface area (Å²) in [5.41, 5.74) is -1.23. The number of carbonyl (C=O) groups excluding carboxylic acids is 2. The van der Waals surface area contributed by atoms with E-state index < -0.39 is 34.6 Å². The number of Topliss-reactive ketones (excluding diaryl/α,β-unsaturated/α-hetero) is 1. The number of ketones is 1. The van der Waals surface area contributed by atoms with Crippen LogP contribution in [0.25, 0.3) is 11.0 Å². The van der Waals surface area contributed by atoms with E-state index in [0.717, 1.165) is 4.47 Å². The minimum Gasteiger partial charge on any atom is -0.492 e. The predicted octanol–water partition coefficient (Wildman–Crippen LogP) is 5.67. The van der Waals surface area contributed by atoms with Gasteiger partial charge in [0.2, 0.25) is 0 Å². The smallest absolute Gasteiger partial charge is 0.343 e. The van der Waals surface area contributed by atoms with Gasteiger partial charge in [0.05, 0.1) is 23.1 Å². The molecule has 3 atom stereocenters. The van der Waals surface area contributed by atoms with Crippen LogP contribution < -0.4 is 15.1 Å². The molecule has 3 aromatic carbocycles. The van der Waals surface area contributed by atoms with E-state index in [0.29, 0.717) is 16.5 Å². The third kappa shape index (κ3) is 3.05. The van der Waals surface area contributed by atoms with Crippen molar-refractivity contribution in [3.8, 4) is 11.5 Å². The van der Waals surface area contributed by atoms with Crippen molar-refractivity contribution in [3.63, 3.8) is 0 Å². The van der Waals surface area contributed by atoms with E-state index in [9.17, 15) is 14.4 Å². The Balaban J connectivity index is 1.76. The Morgan fingerprint density at radius 2 is 1.67 bits per heavy atom. The van der Waals surface area contributed by atoms with E-state index in [2.05, 4.69) is 22.5 Å². The SMILES string of the molecule is C=C[C@H]1COc2c(c(=O)oc3ccccc23)[C@H](c2ccc(Br)cc2)[C@]12C(=O)Oc1ccccc1C2=O. The minimum atomic E-state index is -1.84. The van der Waals surface area contributed by atoms with Crippen molar-refractivity contribution in [3.05, 3.63) is 117 Å². The lowest BCUT2D eigenvalue weighted by atomic mass is 9.58. The van der Waals surface area contributed by atoms with Gasteiger partial charge in [0.25, 0.3) is 0 Å². The van der Waals surface area contributed by atoms with Crippen LogP contribution in [0.1, 0.15) is 27.4 Å². The molecule has 0 aliphatic carbocycles. The van der Waals surface area contributed by atoms with Gasteiger partial charge < -0.3 is 13.9 Å². The highest BCUT2D eigenvalue weighted by Gasteiger charge is 2.63. The van der Waals surface area contributed by atoms with Crippen LogP contribution in [0.2, 0.25) is 0 Å². The van der Waals surface area contributed by atoms with E-state index in [-0.39, 0.29) is 29.2 Å². The molecule has 2 aliphatic heterocycles. The second-order valence-corrected chi connectivity index (χ2v) is 9.77. The Bertz CT molecular complexity index is 1620. The lowest BCUT2D eigenvalue weighted by molar-refractivity contribution is -0.147. The van der Waals surface area contributed by atoms with Gasteiger partial charge in [0.1, 0.15) is 17.1 Å². The normalized spacial score (nSPS) is 22.8. The Morgan fingerprint density at radius 3 is 2.44 bits per heavy atom. The maximum atomic E-state index is 14.4. The first-order valence-electron chi connectivity index (χ1n) is 11.4. The summed E-state index contributed by atoms with van der Waals surface area (Å²) in [6.45, 7) is 3.89. The third-order valence-electron chi connectivity index (χ3n) is 7.07. The van der Waals surface area contributed by atoms with Crippen molar-refractivity contribution in [1.82, 2.24) is 0 Å². The Labute approximate surface area is 214 Å². The predicted molar refractivity (Wildman–Crippen MR) is 136 cm³/mol. The largest absolute Gasteiger partial charge is 0.492 e. The Hall–Kier alpha value is -3.97. The van der Waals surface area contributed by atoms with Gasteiger partial charge in [0, 0.05) is 16.3 Å². The molecule has 1 spiro atoms. The van der Waals surface area contributed by atoms with Gasteiger partial charge in [-0.15, -0.1) is 6.58 Å². The molecular formula is C29H19BrO6. The highest BCUT2D eigenvalue weighted by atomic mass is 79.9. The number of fused-ring (bicyclic) bond motifs is 4. The number of para-hydroxylation sites is 2. The molecule has 178 valence electrons. The number of hydrogen-bond acceptors (Lipinski definition) is 6. The fourth-order valence-corrected chi connectivity index (χ4v) is 5.70. The lowest BCUT2D eigenvalue weighted by Crippen LogP contribution is -2.55. The van der Waals surface area contributed by atoms with E-state index in [1.807, 2.05) is 6.07 Å². The number of esters is 1. The molecule has 0 N–H and O–H groups in total. The second-order valence-electron chi connectivity index (χ2n) is 8.85. The Kier molecular flexibility index (Phi) is 5.19. The van der Waals surface area contributed by atoms with Crippen molar-refractivity contribution in [2.75, 3.05) is 6.61 Å². The highest BCUT2D eigenvalue weighted by Crippen LogP contribution is 2.56. The van der Waals surface area contributed by atoms with E-state index in [1.54, 1.807) is 66.7 Å². The monoisotopic (exact) mass is 542 g/mol. The molecule has 3 heterocycles. The molecule has 1 aromatic heterocycles. The van der Waals surface area contributed by atoms with Crippen LogP contribution in [0.3, 0.4) is 0 Å². The maximum absolute atomic E-state index is 14.4. The van der Waals surface area contributed by atoms with Gasteiger partial charge in [-0.1, -0.05) is 58.4 Å². The number of carbonyl (C=O) groups is 2. The van der Waals surface area contributed by atoms with Crippen LogP contribution >= 0.6 is 15.9 Å². The number of rotatable bonds is 2. The van der Waals surface area contributed by atoms with Crippen LogP contribution in [-0.4, -0.2) is 18.4 Å². The molecule has 0 fully saturated rings. The third-order valence-corrected chi connectivity index (χ3v) is 7.60. The summed E-state index contributed by atoms with van der Waals surface area (Å²) in [5, 5.41) is 0.575. The summed E-state index contributed by atoms with van der Waals surface area (Å²) in [7, 11) is 0. The molecule has 0 saturated heterocycles. The molecule has 0 amide bonds. The number of halogens is 1. The molecule has 0 radical (unpaired) electrons. The zero-order valence-corrected chi connectivity index (χ0v) is 20.5. The van der Waals surface area contributed by atoms with Crippen LogP contribution in [0.4, 0.5) is 0 Å². The zero-order chi connectivity index (χ0) is 25.0. The first kappa shape index (κ1) is 22.5. The summed E-state index contributed by atoms with van der Waals surface area (Å²) in [6.07, 6.45) is 1.54. The Morgan fingerprint density at radius 1 is 0.944 bits per heavy atom. The first-order valence-corrected chi connectivity index (χ1v) is 12.2. The molecule has 7 heteroatoms. The molecule has 0 bridgehead atoms. The number of benzene rings is 3. The first-order chi connectivity index (χ1) is 17.5. The van der Waals surface area contributed by atoms with Gasteiger partial charge >= 0.3 is 11.6 Å². The number of hydrogen-bond donors (Lipinski definition) is 0. The summed E-state index contributed by atoms with van der Waals surface area (Å²) < 4.78 is 18.5. The molecule has 6 nitrogen and oxygen atoms in total. The molecule has 0 unspecified atom stereocenters. The summed E-state index contributed by atoms with van der Waals surface area (Å²) >= 11 is 3.44. The summed E-state index contributed by atoms with van der Waals surface area (Å²) in [6, 6.07) is 20.8. The average molecular weight is 543 g/mol. The van der Waals surface area contributed by atoms with Gasteiger partial charge in [-0.25, -0.2) is 4.79 Å². The molecule has 4 aromatic rings. The van der Waals surface area contributed by atoms with Crippen LogP contribution in [0.5, 0.6) is 11.5 Å². The second kappa shape index (κ2) is 8.31. The van der Waals surface area contributed by atoms with Crippen LogP contribution in [0, 0.1) is 11.3 Å². The van der Waals surface area contributed by atoms with Crippen molar-refractivity contribution < 1.29 is 23.5 Å². The lowest BCUT2D eigenvalue weighted by Gasteiger charge is -2.42. The van der Waals surface area contributed by atoms with Crippen LogP contribution in [-0.2, 0) is 4.79 Å². The van der Waals surface area contributed by atoms with E-state index >= 15 is 0 Å². The minimum absolute atomic E-state index is 0.0556. The number of ether oxygens (including phenoxy) is 2. The topological polar surface area (TPSA) is 82.8 Å². The molecule has 0 saturated carbocycles. The van der Waals surface area contributed by atoms with Gasteiger partial charge in [0.15, 0.2) is 11.2 Å². The average Bonchev–Trinajstić information content (AvgIpc) is 3.04. The van der Waals surface area contributed by atoms with Crippen LogP contribution in [0.15, 0.2) is 99.1 Å². The molecule has 36 heavy (non-hydrogen) atoms. The van der Waals surface area contributed by atoms with E-state index in [1.165, 1.54) is 6.08 Å². The van der Waals surface area contributed by atoms with E-state index in [4.69, 9.17) is 13.9 Å². The molecule has 2 aliphatic rings. The summed E-state index contributed by atoms with van der Waals surface area (Å²) in [4.78, 5) is 42.0. The van der Waals surface area contributed by atoms with Crippen molar-refractivity contribution >= 4 is 38.7 Å².